The molecule has 3 aromatic heterocycles. The van der Waals surface area contributed by atoms with Gasteiger partial charge in [0.1, 0.15) is 17.3 Å². The van der Waals surface area contributed by atoms with Gasteiger partial charge in [-0.3, -0.25) is 10.1 Å². The van der Waals surface area contributed by atoms with Gasteiger partial charge in [-0.05, 0) is 24.3 Å². The summed E-state index contributed by atoms with van der Waals surface area (Å²) in [7, 11) is 0. The van der Waals surface area contributed by atoms with Crippen molar-refractivity contribution < 1.29 is 0 Å². The number of hydrogen-bond acceptors (Lipinski definition) is 4. The van der Waals surface area contributed by atoms with Gasteiger partial charge in [-0.2, -0.15) is 5.26 Å². The number of aromatic amines is 1. The van der Waals surface area contributed by atoms with Crippen molar-refractivity contribution in [2.24, 2.45) is 0 Å². The second-order valence-corrected chi connectivity index (χ2v) is 5.52. The number of nitrogens with zero attached hydrogens (tertiary/aromatic N) is 4. The van der Waals surface area contributed by atoms with Crippen LogP contribution in [0.15, 0.2) is 55.0 Å². The molecule has 0 aliphatic heterocycles. The SMILES string of the molecule is N#Cc1c[nH]n2c(Nc3ccccc3Cl)c(-c3cccnc3)nc12. The maximum Gasteiger partial charge on any atom is 0.173 e. The zero-order chi connectivity index (χ0) is 16.5. The van der Waals surface area contributed by atoms with Crippen LogP contribution >= 0.6 is 11.6 Å². The summed E-state index contributed by atoms with van der Waals surface area (Å²) in [5.74, 6) is 0.688. The summed E-state index contributed by atoms with van der Waals surface area (Å²) in [6.45, 7) is 0. The van der Waals surface area contributed by atoms with Gasteiger partial charge in [0, 0.05) is 24.2 Å². The first-order valence-electron chi connectivity index (χ1n) is 7.20. The average Bonchev–Trinajstić information content (AvgIpc) is 3.17. The Hall–Kier alpha value is -3.30. The number of anilines is 2. The zero-order valence-electron chi connectivity index (χ0n) is 12.4. The van der Waals surface area contributed by atoms with Gasteiger partial charge < -0.3 is 5.32 Å². The highest BCUT2D eigenvalue weighted by molar-refractivity contribution is 6.33. The molecule has 2 N–H and O–H groups in total. The molecule has 7 heteroatoms. The Balaban J connectivity index is 1.93. The molecule has 6 nitrogen and oxygen atoms in total. The van der Waals surface area contributed by atoms with Crippen molar-refractivity contribution in [3.05, 3.63) is 65.6 Å². The van der Waals surface area contributed by atoms with Crippen molar-refractivity contribution in [1.82, 2.24) is 19.6 Å². The number of benzene rings is 1. The van der Waals surface area contributed by atoms with E-state index in [0.29, 0.717) is 27.7 Å². The number of imidazole rings is 1. The standard InChI is InChI=1S/C17H11ClN6/c18-13-5-1-2-6-14(13)22-17-15(11-4-3-7-20-9-11)23-16-12(8-19)10-21-24(16)17/h1-7,9-10,21-22H. The fraction of sp³-hybridized carbons (Fsp3) is 0. The molecule has 0 unspecified atom stereocenters. The molecule has 116 valence electrons. The summed E-state index contributed by atoms with van der Waals surface area (Å²) in [6.07, 6.45) is 5.05. The van der Waals surface area contributed by atoms with Crippen molar-refractivity contribution in [2.75, 3.05) is 5.32 Å². The largest absolute Gasteiger partial charge is 0.337 e. The molecule has 0 amide bonds. The molecule has 0 saturated heterocycles. The summed E-state index contributed by atoms with van der Waals surface area (Å²) in [5.41, 5.74) is 3.29. The summed E-state index contributed by atoms with van der Waals surface area (Å²) in [6, 6.07) is 13.3. The number of pyridine rings is 1. The van der Waals surface area contributed by atoms with Gasteiger partial charge >= 0.3 is 0 Å². The fourth-order valence-electron chi connectivity index (χ4n) is 2.51. The van der Waals surface area contributed by atoms with Crippen LogP contribution in [0.5, 0.6) is 0 Å². The lowest BCUT2D eigenvalue weighted by molar-refractivity contribution is 0.980. The molecular weight excluding hydrogens is 324 g/mol. The van der Waals surface area contributed by atoms with Gasteiger partial charge in [0.05, 0.1) is 10.7 Å². The van der Waals surface area contributed by atoms with Crippen molar-refractivity contribution >= 4 is 28.8 Å². The van der Waals surface area contributed by atoms with E-state index in [1.807, 2.05) is 30.3 Å². The van der Waals surface area contributed by atoms with Crippen LogP contribution in [0.4, 0.5) is 11.5 Å². The molecule has 0 spiro atoms. The monoisotopic (exact) mass is 334 g/mol. The summed E-state index contributed by atoms with van der Waals surface area (Å²) in [4.78, 5) is 8.75. The number of nitrogens with one attached hydrogen (secondary N) is 2. The highest BCUT2D eigenvalue weighted by Gasteiger charge is 2.18. The number of para-hydroxylation sites is 1. The van der Waals surface area contributed by atoms with E-state index in [1.54, 1.807) is 29.2 Å². The predicted octanol–water partition coefficient (Wildman–Crippen LogP) is 3.99. The van der Waals surface area contributed by atoms with Crippen molar-refractivity contribution in [3.63, 3.8) is 0 Å². The number of fused-ring (bicyclic) bond motifs is 1. The molecule has 0 radical (unpaired) electrons. The van der Waals surface area contributed by atoms with Crippen LogP contribution in [0, 0.1) is 11.3 Å². The first-order chi connectivity index (χ1) is 11.8. The molecule has 0 aliphatic carbocycles. The van der Waals surface area contributed by atoms with Crippen LogP contribution in [-0.2, 0) is 0 Å². The maximum absolute atomic E-state index is 9.25. The Bertz CT molecular complexity index is 1060. The summed E-state index contributed by atoms with van der Waals surface area (Å²) in [5, 5.41) is 16.2. The first-order valence-corrected chi connectivity index (χ1v) is 7.57. The molecule has 24 heavy (non-hydrogen) atoms. The van der Waals surface area contributed by atoms with Gasteiger partial charge in [-0.1, -0.05) is 23.7 Å². The maximum atomic E-state index is 9.25. The van der Waals surface area contributed by atoms with Gasteiger partial charge in [0.25, 0.3) is 0 Å². The minimum atomic E-state index is 0.465. The topological polar surface area (TPSA) is 81.8 Å². The van der Waals surface area contributed by atoms with Crippen LogP contribution in [0.3, 0.4) is 0 Å². The molecule has 3 heterocycles. The van der Waals surface area contributed by atoms with Crippen molar-refractivity contribution in [1.29, 1.82) is 5.26 Å². The Morgan fingerprint density at radius 1 is 1.21 bits per heavy atom. The Morgan fingerprint density at radius 3 is 2.83 bits per heavy atom. The third kappa shape index (κ3) is 2.28. The van der Waals surface area contributed by atoms with Gasteiger partial charge in [-0.15, -0.1) is 0 Å². The van der Waals surface area contributed by atoms with E-state index >= 15 is 0 Å². The van der Waals surface area contributed by atoms with Crippen molar-refractivity contribution in [2.45, 2.75) is 0 Å². The minimum absolute atomic E-state index is 0.465. The fourth-order valence-corrected chi connectivity index (χ4v) is 2.70. The minimum Gasteiger partial charge on any atom is -0.337 e. The molecule has 4 aromatic rings. The lowest BCUT2D eigenvalue weighted by atomic mass is 10.2. The number of halogens is 1. The first kappa shape index (κ1) is 14.3. The normalized spacial score (nSPS) is 10.7. The molecule has 0 bridgehead atoms. The van der Waals surface area contributed by atoms with Crippen LogP contribution in [0.25, 0.3) is 16.9 Å². The van der Waals surface area contributed by atoms with Gasteiger partial charge in [0.15, 0.2) is 11.5 Å². The number of hydrogen-bond donors (Lipinski definition) is 2. The molecular formula is C17H11ClN6. The quantitative estimate of drug-likeness (QED) is 0.593. The van der Waals surface area contributed by atoms with Crippen LogP contribution in [0.1, 0.15) is 5.56 Å². The van der Waals surface area contributed by atoms with E-state index < -0.39 is 0 Å². The van der Waals surface area contributed by atoms with Gasteiger partial charge in [-0.25, -0.2) is 9.50 Å². The third-order valence-electron chi connectivity index (χ3n) is 3.64. The highest BCUT2D eigenvalue weighted by atomic mass is 35.5. The molecule has 0 aliphatic rings. The van der Waals surface area contributed by atoms with E-state index in [0.717, 1.165) is 11.3 Å². The Kier molecular flexibility index (Phi) is 3.41. The predicted molar refractivity (Wildman–Crippen MR) is 92.2 cm³/mol. The van der Waals surface area contributed by atoms with Crippen LogP contribution < -0.4 is 5.32 Å². The molecule has 1 aromatic carbocycles. The Morgan fingerprint density at radius 2 is 2.08 bits per heavy atom. The van der Waals surface area contributed by atoms with E-state index in [-0.39, 0.29) is 0 Å². The Labute approximate surface area is 142 Å². The number of rotatable bonds is 3. The highest BCUT2D eigenvalue weighted by Crippen LogP contribution is 2.33. The van der Waals surface area contributed by atoms with E-state index in [9.17, 15) is 5.26 Å². The number of nitriles is 1. The lowest BCUT2D eigenvalue weighted by Gasteiger charge is -2.09. The zero-order valence-corrected chi connectivity index (χ0v) is 13.1. The number of H-pyrrole nitrogens is 1. The smallest absolute Gasteiger partial charge is 0.173 e. The number of aromatic nitrogens is 4. The van der Waals surface area contributed by atoms with Crippen LogP contribution in [-0.4, -0.2) is 19.6 Å². The molecule has 0 atom stereocenters. The second kappa shape index (κ2) is 5.72. The van der Waals surface area contributed by atoms with E-state index in [2.05, 4.69) is 26.5 Å². The van der Waals surface area contributed by atoms with Crippen LogP contribution in [0.2, 0.25) is 5.02 Å². The average molecular weight is 335 g/mol. The van der Waals surface area contributed by atoms with E-state index in [4.69, 9.17) is 11.6 Å². The summed E-state index contributed by atoms with van der Waals surface area (Å²) < 4.78 is 1.73. The van der Waals surface area contributed by atoms with Gasteiger partial charge in [0.2, 0.25) is 0 Å². The molecule has 0 saturated carbocycles. The second-order valence-electron chi connectivity index (χ2n) is 5.11. The van der Waals surface area contributed by atoms with Crippen molar-refractivity contribution in [3.8, 4) is 17.3 Å². The third-order valence-corrected chi connectivity index (χ3v) is 3.97. The summed E-state index contributed by atoms with van der Waals surface area (Å²) >= 11 is 6.26. The molecule has 4 rings (SSSR count). The molecule has 0 fully saturated rings. The van der Waals surface area contributed by atoms with E-state index in [1.165, 1.54) is 0 Å². The lowest BCUT2D eigenvalue weighted by Crippen LogP contribution is -1.98.